The van der Waals surface area contributed by atoms with Gasteiger partial charge in [0.2, 0.25) is 29.5 Å². The molecule has 0 aromatic carbocycles. The second-order valence-corrected chi connectivity index (χ2v) is 18.4. The third-order valence-corrected chi connectivity index (χ3v) is 12.7. The molecule has 2 heterocycles. The van der Waals surface area contributed by atoms with Crippen LogP contribution in [-0.2, 0) is 42.9 Å². The minimum absolute atomic E-state index is 0.0539. The van der Waals surface area contributed by atoms with Gasteiger partial charge in [0.25, 0.3) is 0 Å². The number of carbonyl (C=O) groups excluding carboxylic acids is 5. The Morgan fingerprint density at radius 1 is 0.842 bits per heavy atom. The Bertz CT molecular complexity index is 1540. The predicted molar refractivity (Wildman–Crippen MR) is 209 cm³/mol. The van der Waals surface area contributed by atoms with E-state index in [0.29, 0.717) is 37.6 Å². The fourth-order valence-corrected chi connectivity index (χ4v) is 9.22. The lowest BCUT2D eigenvalue weighted by Crippen LogP contribution is -2.65. The summed E-state index contributed by atoms with van der Waals surface area (Å²) in [7, 11) is -0.628. The van der Waals surface area contributed by atoms with Gasteiger partial charge in [0, 0.05) is 13.0 Å². The van der Waals surface area contributed by atoms with Gasteiger partial charge in [-0.2, -0.15) is 0 Å². The Labute approximate surface area is 336 Å². The van der Waals surface area contributed by atoms with Gasteiger partial charge >= 0.3 is 19.1 Å². The maximum atomic E-state index is 14.2. The van der Waals surface area contributed by atoms with E-state index in [1.54, 1.807) is 27.7 Å². The largest absolute Gasteiger partial charge is 0.481 e. The van der Waals surface area contributed by atoms with E-state index in [-0.39, 0.29) is 29.8 Å². The van der Waals surface area contributed by atoms with Crippen LogP contribution in [0.4, 0.5) is 0 Å². The number of nitrogens with two attached hydrogens (primary N) is 1. The van der Waals surface area contributed by atoms with Crippen LogP contribution in [0.15, 0.2) is 0 Å². The molecule has 0 unspecified atom stereocenters. The van der Waals surface area contributed by atoms with Crippen LogP contribution in [0.1, 0.15) is 114 Å². The monoisotopic (exact) mass is 804 g/mol. The van der Waals surface area contributed by atoms with Gasteiger partial charge in [0.05, 0.1) is 30.1 Å². The molecular weight excluding hydrogens is 739 g/mol. The number of nitrogens with one attached hydrogen (secondary N) is 4. The first kappa shape index (κ1) is 45.9. The van der Waals surface area contributed by atoms with E-state index in [0.717, 1.165) is 12.8 Å². The van der Waals surface area contributed by atoms with Crippen molar-refractivity contribution in [3.8, 4) is 0 Å². The molecule has 320 valence electrons. The van der Waals surface area contributed by atoms with E-state index in [4.69, 9.17) is 20.1 Å². The molecule has 0 spiro atoms. The second kappa shape index (κ2) is 18.4. The maximum absolute atomic E-state index is 14.2. The summed E-state index contributed by atoms with van der Waals surface area (Å²) in [6.07, 6.45) is 1.99. The van der Waals surface area contributed by atoms with Crippen LogP contribution in [0.5, 0.6) is 0 Å². The van der Waals surface area contributed by atoms with Crippen LogP contribution in [0.2, 0.25) is 0 Å². The highest BCUT2D eigenvalue weighted by Gasteiger charge is 2.68. The zero-order chi connectivity index (χ0) is 42.7. The molecule has 57 heavy (non-hydrogen) atoms. The molecule has 3 saturated carbocycles. The number of aliphatic carboxylic acids is 2. The first-order valence-electron chi connectivity index (χ1n) is 20.5. The van der Waals surface area contributed by atoms with E-state index in [2.05, 4.69) is 55.9 Å². The van der Waals surface area contributed by atoms with Crippen LogP contribution < -0.4 is 27.0 Å². The summed E-state index contributed by atoms with van der Waals surface area (Å²) in [4.78, 5) is 92.0. The van der Waals surface area contributed by atoms with Crippen molar-refractivity contribution in [3.63, 3.8) is 0 Å². The first-order chi connectivity index (χ1) is 26.5. The fraction of sp³-hybridized carbons (Fsp3) is 0.821. The van der Waals surface area contributed by atoms with Gasteiger partial charge in [-0.1, -0.05) is 55.4 Å². The fourth-order valence-electron chi connectivity index (χ4n) is 9.22. The second-order valence-electron chi connectivity index (χ2n) is 18.4. The van der Waals surface area contributed by atoms with E-state index < -0.39 is 109 Å². The quantitative estimate of drug-likeness (QED) is 0.0910. The van der Waals surface area contributed by atoms with Crippen molar-refractivity contribution in [1.82, 2.24) is 26.2 Å². The molecule has 3 aliphatic carbocycles. The van der Waals surface area contributed by atoms with Crippen LogP contribution in [0, 0.1) is 35.0 Å². The molecule has 0 aromatic rings. The minimum atomic E-state index is -1.50. The molecule has 0 radical (unpaired) electrons. The summed E-state index contributed by atoms with van der Waals surface area (Å²) >= 11 is 0. The normalized spacial score (nSPS) is 27.5. The molecule has 5 fully saturated rings. The average Bonchev–Trinajstić information content (AvgIpc) is 3.74. The Morgan fingerprint density at radius 2 is 1.47 bits per heavy atom. The Balaban J connectivity index is 1.44. The van der Waals surface area contributed by atoms with Crippen LogP contribution in [0.3, 0.4) is 0 Å². The minimum Gasteiger partial charge on any atom is -0.481 e. The van der Waals surface area contributed by atoms with Crippen LogP contribution >= 0.6 is 0 Å². The van der Waals surface area contributed by atoms with Crippen LogP contribution in [-0.4, -0.2) is 118 Å². The molecule has 0 aromatic heterocycles. The lowest BCUT2D eigenvalue weighted by molar-refractivity contribution is -0.199. The molecule has 8 N–H and O–H groups in total. The SMILES string of the molecule is CC(C)C[C@H](NC(=O)[C@@H]1CCCN1C(=O)[C@@H](NC(=O)[C@@H](NC(=O)[C@H](CCC(=O)O)NC(=O)[C@@H](N)CC(=O)O)C(C)C)C(C)C)B1O[C@@H]2C[C@@H]3C[C@H](C3(C)C)[C@]2(C)O1. The molecule has 18 heteroatoms. The number of carboxylic acids is 2. The highest BCUT2D eigenvalue weighted by molar-refractivity contribution is 6.48. The number of carboxylic acid groups (broad SMARTS) is 2. The maximum Gasteiger partial charge on any atom is 0.481 e. The molecule has 5 amide bonds. The van der Waals surface area contributed by atoms with Crippen molar-refractivity contribution >= 4 is 48.6 Å². The van der Waals surface area contributed by atoms with Crippen molar-refractivity contribution < 1.29 is 53.1 Å². The summed E-state index contributed by atoms with van der Waals surface area (Å²) < 4.78 is 13.3. The first-order valence-corrected chi connectivity index (χ1v) is 20.5. The number of amides is 5. The highest BCUT2D eigenvalue weighted by Crippen LogP contribution is 2.65. The molecule has 2 aliphatic heterocycles. The topological polar surface area (TPSA) is 256 Å². The molecule has 2 saturated heterocycles. The zero-order valence-corrected chi connectivity index (χ0v) is 35.0. The summed E-state index contributed by atoms with van der Waals surface area (Å²) in [6, 6.07) is -6.02. The predicted octanol–water partition coefficient (Wildman–Crippen LogP) is 1.21. The van der Waals surface area contributed by atoms with Crippen molar-refractivity contribution in [2.45, 2.75) is 162 Å². The summed E-state index contributed by atoms with van der Waals surface area (Å²) in [5.41, 5.74) is 5.36. The number of hydrogen-bond donors (Lipinski definition) is 7. The van der Waals surface area contributed by atoms with Gasteiger partial charge < -0.3 is 51.4 Å². The number of nitrogens with zero attached hydrogens (tertiary/aromatic N) is 1. The number of carbonyl (C=O) groups is 7. The summed E-state index contributed by atoms with van der Waals surface area (Å²) in [5, 5.41) is 29.1. The van der Waals surface area contributed by atoms with Crippen molar-refractivity contribution in [2.75, 3.05) is 6.54 Å². The van der Waals surface area contributed by atoms with E-state index in [1.807, 2.05) is 0 Å². The van der Waals surface area contributed by atoms with E-state index >= 15 is 0 Å². The highest BCUT2D eigenvalue weighted by atomic mass is 16.7. The smallest absolute Gasteiger partial charge is 0.481 e. The lowest BCUT2D eigenvalue weighted by atomic mass is 9.43. The zero-order valence-electron chi connectivity index (χ0n) is 35.0. The molecule has 10 atom stereocenters. The van der Waals surface area contributed by atoms with Gasteiger partial charge in [-0.15, -0.1) is 0 Å². The lowest BCUT2D eigenvalue weighted by Gasteiger charge is -2.64. The Kier molecular flexibility index (Phi) is 14.9. The van der Waals surface area contributed by atoms with Crippen molar-refractivity contribution in [1.29, 1.82) is 0 Å². The Morgan fingerprint density at radius 3 is 2.04 bits per heavy atom. The van der Waals surface area contributed by atoms with Crippen molar-refractivity contribution in [2.24, 2.45) is 40.7 Å². The van der Waals surface area contributed by atoms with Gasteiger partial charge in [-0.25, -0.2) is 0 Å². The standard InChI is InChI=1S/C39H65BN6O11/c1-19(2)15-28(40-56-27-17-22-16-26(38(22,7)8)39(27,9)57-40)43-35(53)25-11-10-14-46(25)37(55)32(21(5)6)45-36(54)31(20(3)4)44-34(52)24(12-13-29(47)48)42-33(51)23(41)18-30(49)50/h19-28,31-32H,10-18,41H2,1-9H3,(H,42,51)(H,43,53)(H,44,52)(H,45,54)(H,47,48)(H,49,50)/t22-,23-,24-,25-,26+,27+,28-,31-,32-,39-/m0/s1. The van der Waals surface area contributed by atoms with E-state index in [1.165, 1.54) is 4.90 Å². The number of likely N-dealkylation sites (tertiary alicyclic amines) is 1. The summed E-state index contributed by atoms with van der Waals surface area (Å²) in [5.74, 6) is -6.13. The van der Waals surface area contributed by atoms with Crippen LogP contribution in [0.25, 0.3) is 0 Å². The average molecular weight is 805 g/mol. The van der Waals surface area contributed by atoms with Crippen molar-refractivity contribution in [3.05, 3.63) is 0 Å². The molecule has 5 rings (SSSR count). The molecule has 5 aliphatic rings. The third-order valence-electron chi connectivity index (χ3n) is 12.7. The molecule has 2 bridgehead atoms. The number of rotatable bonds is 19. The van der Waals surface area contributed by atoms with Gasteiger partial charge in [-0.05, 0) is 80.5 Å². The van der Waals surface area contributed by atoms with Gasteiger partial charge in [0.15, 0.2) is 0 Å². The van der Waals surface area contributed by atoms with Gasteiger partial charge in [-0.3, -0.25) is 33.6 Å². The van der Waals surface area contributed by atoms with E-state index in [9.17, 15) is 38.7 Å². The molecule has 17 nitrogen and oxygen atoms in total. The number of hydrogen-bond acceptors (Lipinski definition) is 10. The third kappa shape index (κ3) is 10.5. The Hall–Kier alpha value is -3.77. The molecular formula is C39H65BN6O11. The summed E-state index contributed by atoms with van der Waals surface area (Å²) in [6.45, 7) is 18.0. The van der Waals surface area contributed by atoms with Gasteiger partial charge in [0.1, 0.15) is 24.2 Å².